The molecule has 0 saturated carbocycles. The summed E-state index contributed by atoms with van der Waals surface area (Å²) in [6, 6.07) is 0. The first kappa shape index (κ1) is 11.2. The van der Waals surface area contributed by atoms with Gasteiger partial charge in [-0.25, -0.2) is 0 Å². The highest BCUT2D eigenvalue weighted by Crippen LogP contribution is 2.12. The Morgan fingerprint density at radius 3 is 2.58 bits per heavy atom. The first-order chi connectivity index (χ1) is 5.74. The summed E-state index contributed by atoms with van der Waals surface area (Å²) >= 11 is 0. The smallest absolute Gasteiger partial charge is 0.208 e. The van der Waals surface area contributed by atoms with E-state index in [-0.39, 0.29) is 0 Å². The predicted octanol–water partition coefficient (Wildman–Crippen LogP) is -0.00360. The molecule has 0 aliphatic rings. The van der Waals surface area contributed by atoms with Gasteiger partial charge in [0.1, 0.15) is 0 Å². The Labute approximate surface area is 71.7 Å². The molecule has 0 saturated heterocycles. The number of hydrogen-bond donors (Lipinski definition) is 2. The molecule has 0 aliphatic heterocycles. The van der Waals surface area contributed by atoms with Gasteiger partial charge < -0.3 is 5.73 Å². The monoisotopic (exact) mass is 173 g/mol. The Bertz CT molecular complexity index is 142. The molecule has 1 unspecified atom stereocenters. The summed E-state index contributed by atoms with van der Waals surface area (Å²) in [7, 11) is 1.54. The quantitative estimate of drug-likeness (QED) is 0.322. The van der Waals surface area contributed by atoms with E-state index in [1.54, 1.807) is 0 Å². The van der Waals surface area contributed by atoms with Crippen molar-refractivity contribution in [3.63, 3.8) is 0 Å². The fourth-order valence-corrected chi connectivity index (χ4v) is 0.894. The molecule has 3 N–H and O–H groups in total. The SMILES string of the molecule is CNC(C=O)(CCCCN)N=O. The van der Waals surface area contributed by atoms with Crippen LogP contribution in [-0.2, 0) is 4.79 Å². The lowest BCUT2D eigenvalue weighted by Crippen LogP contribution is -2.42. The summed E-state index contributed by atoms with van der Waals surface area (Å²) in [6.45, 7) is 0.567. The highest BCUT2D eigenvalue weighted by atomic mass is 16.3. The largest absolute Gasteiger partial charge is 0.330 e. The zero-order chi connectivity index (χ0) is 9.45. The molecule has 0 amide bonds. The van der Waals surface area contributed by atoms with Crippen LogP contribution in [0.4, 0.5) is 0 Å². The van der Waals surface area contributed by atoms with E-state index in [9.17, 15) is 9.70 Å². The van der Waals surface area contributed by atoms with Crippen LogP contribution >= 0.6 is 0 Å². The summed E-state index contributed by atoms with van der Waals surface area (Å²) in [4.78, 5) is 20.8. The van der Waals surface area contributed by atoms with Gasteiger partial charge >= 0.3 is 0 Å². The summed E-state index contributed by atoms with van der Waals surface area (Å²) in [6.07, 6.45) is 2.47. The molecule has 12 heavy (non-hydrogen) atoms. The third-order valence-electron chi connectivity index (χ3n) is 1.80. The lowest BCUT2D eigenvalue weighted by Gasteiger charge is -2.17. The van der Waals surface area contributed by atoms with Crippen molar-refractivity contribution in [3.05, 3.63) is 4.91 Å². The zero-order valence-corrected chi connectivity index (χ0v) is 7.25. The Hall–Kier alpha value is -0.810. The van der Waals surface area contributed by atoms with Crippen molar-refractivity contribution in [2.24, 2.45) is 10.9 Å². The number of carbonyl (C=O) groups excluding carboxylic acids is 1. The number of nitrogens with two attached hydrogens (primary N) is 1. The number of unbranched alkanes of at least 4 members (excludes halogenated alkanes) is 1. The molecule has 0 heterocycles. The standard InChI is InChI=1S/C7H15N3O2/c1-9-7(6-11,10-12)4-2-3-5-8/h6,9H,2-5,8H2,1H3. The van der Waals surface area contributed by atoms with Crippen LogP contribution in [0.25, 0.3) is 0 Å². The maximum atomic E-state index is 10.5. The van der Waals surface area contributed by atoms with E-state index in [0.29, 0.717) is 19.3 Å². The van der Waals surface area contributed by atoms with Gasteiger partial charge in [0, 0.05) is 0 Å². The Balaban J connectivity index is 3.93. The van der Waals surface area contributed by atoms with Crippen molar-refractivity contribution in [3.8, 4) is 0 Å². The van der Waals surface area contributed by atoms with Crippen LogP contribution in [0.3, 0.4) is 0 Å². The van der Waals surface area contributed by atoms with Crippen molar-refractivity contribution in [2.75, 3.05) is 13.6 Å². The van der Waals surface area contributed by atoms with Crippen molar-refractivity contribution >= 4 is 6.29 Å². The Morgan fingerprint density at radius 1 is 1.58 bits per heavy atom. The molecule has 70 valence electrons. The second-order valence-corrected chi connectivity index (χ2v) is 2.63. The van der Waals surface area contributed by atoms with Crippen LogP contribution in [0, 0.1) is 4.91 Å². The lowest BCUT2D eigenvalue weighted by atomic mass is 10.1. The van der Waals surface area contributed by atoms with E-state index >= 15 is 0 Å². The van der Waals surface area contributed by atoms with Crippen LogP contribution in [0.1, 0.15) is 19.3 Å². The van der Waals surface area contributed by atoms with Crippen molar-refractivity contribution < 1.29 is 4.79 Å². The first-order valence-corrected chi connectivity index (χ1v) is 3.94. The minimum absolute atomic E-state index is 0.410. The van der Waals surface area contributed by atoms with Crippen LogP contribution in [0.5, 0.6) is 0 Å². The number of carbonyl (C=O) groups is 1. The lowest BCUT2D eigenvalue weighted by molar-refractivity contribution is -0.113. The van der Waals surface area contributed by atoms with Gasteiger partial charge in [0.15, 0.2) is 6.29 Å². The summed E-state index contributed by atoms with van der Waals surface area (Å²) in [5.41, 5.74) is 4.02. The molecule has 5 nitrogen and oxygen atoms in total. The number of rotatable bonds is 7. The van der Waals surface area contributed by atoms with Crippen molar-refractivity contribution in [2.45, 2.75) is 24.9 Å². The summed E-state index contributed by atoms with van der Waals surface area (Å²) in [5.74, 6) is 0. The van der Waals surface area contributed by atoms with Crippen LogP contribution in [-0.4, -0.2) is 25.5 Å². The molecule has 5 heteroatoms. The van der Waals surface area contributed by atoms with Gasteiger partial charge in [-0.05, 0) is 38.0 Å². The molecular formula is C7H15N3O2. The summed E-state index contributed by atoms with van der Waals surface area (Å²) < 4.78 is 0. The van der Waals surface area contributed by atoms with E-state index in [1.807, 2.05) is 0 Å². The normalized spacial score (nSPS) is 15.2. The van der Waals surface area contributed by atoms with Gasteiger partial charge in [0.25, 0.3) is 0 Å². The highest BCUT2D eigenvalue weighted by Gasteiger charge is 2.27. The van der Waals surface area contributed by atoms with Crippen molar-refractivity contribution in [1.29, 1.82) is 0 Å². The number of likely N-dealkylation sites (N-methyl/N-ethyl adjacent to an activating group) is 1. The van der Waals surface area contributed by atoms with Gasteiger partial charge in [0.05, 0.1) is 0 Å². The zero-order valence-electron chi connectivity index (χ0n) is 7.25. The molecule has 0 aliphatic carbocycles. The maximum absolute atomic E-state index is 10.5. The number of nitroso groups, excluding NO2 is 1. The Kier molecular flexibility index (Phi) is 5.40. The minimum Gasteiger partial charge on any atom is -0.330 e. The Morgan fingerprint density at radius 2 is 2.25 bits per heavy atom. The molecule has 0 bridgehead atoms. The molecule has 1 atom stereocenters. The summed E-state index contributed by atoms with van der Waals surface area (Å²) in [5, 5.41) is 5.34. The highest BCUT2D eigenvalue weighted by molar-refractivity contribution is 5.63. The number of aldehydes is 1. The topological polar surface area (TPSA) is 84.6 Å². The second kappa shape index (κ2) is 5.79. The van der Waals surface area contributed by atoms with Gasteiger partial charge in [-0.1, -0.05) is 0 Å². The molecule has 0 aromatic carbocycles. The van der Waals surface area contributed by atoms with Gasteiger partial charge in [-0.2, -0.15) is 0 Å². The van der Waals surface area contributed by atoms with E-state index < -0.39 is 5.66 Å². The van der Waals surface area contributed by atoms with E-state index in [2.05, 4.69) is 10.5 Å². The fourth-order valence-electron chi connectivity index (χ4n) is 0.894. The van der Waals surface area contributed by atoms with Crippen LogP contribution in [0.2, 0.25) is 0 Å². The van der Waals surface area contributed by atoms with Gasteiger partial charge in [-0.15, -0.1) is 4.91 Å². The van der Waals surface area contributed by atoms with Crippen LogP contribution in [0.15, 0.2) is 5.18 Å². The average Bonchev–Trinajstić information content (AvgIpc) is 2.14. The molecule has 0 aromatic rings. The molecule has 0 rings (SSSR count). The van der Waals surface area contributed by atoms with Crippen molar-refractivity contribution in [1.82, 2.24) is 5.32 Å². The molecule has 0 radical (unpaired) electrons. The van der Waals surface area contributed by atoms with E-state index in [0.717, 1.165) is 12.8 Å². The number of nitrogens with zero attached hydrogens (tertiary/aromatic N) is 1. The third-order valence-corrected chi connectivity index (χ3v) is 1.80. The number of nitrogens with one attached hydrogen (secondary N) is 1. The third kappa shape index (κ3) is 3.06. The molecule has 0 spiro atoms. The van der Waals surface area contributed by atoms with E-state index in [4.69, 9.17) is 5.73 Å². The van der Waals surface area contributed by atoms with E-state index in [1.165, 1.54) is 7.05 Å². The predicted molar refractivity (Wildman–Crippen MR) is 46.6 cm³/mol. The van der Waals surface area contributed by atoms with Gasteiger partial charge in [0.2, 0.25) is 5.66 Å². The maximum Gasteiger partial charge on any atom is 0.208 e. The first-order valence-electron chi connectivity index (χ1n) is 3.94. The molecular weight excluding hydrogens is 158 g/mol. The van der Waals surface area contributed by atoms with Gasteiger partial charge in [-0.3, -0.25) is 10.1 Å². The fraction of sp³-hybridized carbons (Fsp3) is 0.857. The second-order valence-electron chi connectivity index (χ2n) is 2.63. The average molecular weight is 173 g/mol. The van der Waals surface area contributed by atoms with Crippen LogP contribution < -0.4 is 11.1 Å². The molecule has 0 fully saturated rings. The number of hydrogen-bond acceptors (Lipinski definition) is 5. The minimum atomic E-state index is -1.24. The molecule has 0 aromatic heterocycles.